The lowest BCUT2D eigenvalue weighted by Gasteiger charge is -2.36. The van der Waals surface area contributed by atoms with E-state index in [1.165, 1.54) is 18.4 Å². The molecule has 2 aliphatic rings. The topological polar surface area (TPSA) is 50.4 Å². The van der Waals surface area contributed by atoms with Gasteiger partial charge in [0.05, 0.1) is 0 Å². The predicted octanol–water partition coefficient (Wildman–Crippen LogP) is 3.95. The molecule has 0 spiro atoms. The molecule has 0 bridgehead atoms. The van der Waals surface area contributed by atoms with E-state index in [9.17, 15) is 4.79 Å². The van der Waals surface area contributed by atoms with Crippen LogP contribution in [0.1, 0.15) is 51.5 Å². The van der Waals surface area contributed by atoms with E-state index in [0.717, 1.165) is 10.9 Å². The lowest BCUT2D eigenvalue weighted by atomic mass is 9.76. The third kappa shape index (κ3) is 4.70. The standard InChI is InChI=1S/C18H25BrN2O2/c1-18(2,3)23-17(22)21-16-10-15(16)20-14-8-12(9-14)11-5-4-6-13(19)7-11/h4-7,12,14-16,20H,8-10H2,1-3H3,(H,21,22). The molecule has 4 nitrogen and oxygen atoms in total. The Hall–Kier alpha value is -1.07. The fourth-order valence-corrected chi connectivity index (χ4v) is 3.50. The van der Waals surface area contributed by atoms with E-state index in [4.69, 9.17) is 4.74 Å². The summed E-state index contributed by atoms with van der Waals surface area (Å²) in [4.78, 5) is 11.7. The van der Waals surface area contributed by atoms with Crippen molar-refractivity contribution in [3.05, 3.63) is 34.3 Å². The summed E-state index contributed by atoms with van der Waals surface area (Å²) in [5.41, 5.74) is 0.976. The van der Waals surface area contributed by atoms with E-state index in [1.54, 1.807) is 0 Å². The smallest absolute Gasteiger partial charge is 0.407 e. The summed E-state index contributed by atoms with van der Waals surface area (Å²) in [5, 5.41) is 6.58. The molecule has 2 unspecified atom stereocenters. The Labute approximate surface area is 146 Å². The lowest BCUT2D eigenvalue weighted by molar-refractivity contribution is 0.0521. The zero-order chi connectivity index (χ0) is 16.6. The van der Waals surface area contributed by atoms with Crippen LogP contribution in [0.15, 0.2) is 28.7 Å². The highest BCUT2D eigenvalue weighted by Crippen LogP contribution is 2.39. The molecule has 3 rings (SSSR count). The molecule has 23 heavy (non-hydrogen) atoms. The lowest BCUT2D eigenvalue weighted by Crippen LogP contribution is -2.44. The van der Waals surface area contributed by atoms with Crippen molar-refractivity contribution in [2.45, 2.75) is 69.7 Å². The number of carbonyl (C=O) groups is 1. The van der Waals surface area contributed by atoms with Crippen LogP contribution < -0.4 is 10.6 Å². The summed E-state index contributed by atoms with van der Waals surface area (Å²) < 4.78 is 6.43. The van der Waals surface area contributed by atoms with E-state index >= 15 is 0 Å². The minimum Gasteiger partial charge on any atom is -0.444 e. The van der Waals surface area contributed by atoms with Crippen LogP contribution in [-0.2, 0) is 4.74 Å². The van der Waals surface area contributed by atoms with Crippen LogP contribution in [0, 0.1) is 0 Å². The SMILES string of the molecule is CC(C)(C)OC(=O)NC1CC1NC1CC(c2cccc(Br)c2)C1. The summed E-state index contributed by atoms with van der Waals surface area (Å²) in [5.74, 6) is 0.654. The number of carbonyl (C=O) groups excluding carboxylic acids is 1. The molecule has 0 aromatic heterocycles. The fraction of sp³-hybridized carbons (Fsp3) is 0.611. The molecule has 5 heteroatoms. The van der Waals surface area contributed by atoms with Crippen LogP contribution in [0.25, 0.3) is 0 Å². The molecule has 1 aromatic carbocycles. The maximum atomic E-state index is 11.7. The van der Waals surface area contributed by atoms with E-state index in [0.29, 0.717) is 18.0 Å². The van der Waals surface area contributed by atoms with E-state index in [1.807, 2.05) is 20.8 Å². The first kappa shape index (κ1) is 16.8. The highest BCUT2D eigenvalue weighted by atomic mass is 79.9. The zero-order valence-corrected chi connectivity index (χ0v) is 15.5. The van der Waals surface area contributed by atoms with Crippen LogP contribution in [0.5, 0.6) is 0 Å². The van der Waals surface area contributed by atoms with Crippen LogP contribution >= 0.6 is 15.9 Å². The number of rotatable bonds is 4. The predicted molar refractivity (Wildman–Crippen MR) is 94.6 cm³/mol. The molecule has 0 aliphatic heterocycles. The number of hydrogen-bond acceptors (Lipinski definition) is 3. The Morgan fingerprint density at radius 1 is 1.22 bits per heavy atom. The monoisotopic (exact) mass is 380 g/mol. The molecule has 0 saturated heterocycles. The largest absolute Gasteiger partial charge is 0.444 e. The van der Waals surface area contributed by atoms with Crippen molar-refractivity contribution in [3.63, 3.8) is 0 Å². The minimum absolute atomic E-state index is 0.217. The van der Waals surface area contributed by atoms with Gasteiger partial charge in [0.15, 0.2) is 0 Å². The molecule has 2 N–H and O–H groups in total. The Kier molecular flexibility index (Phi) is 4.70. The number of benzene rings is 1. The van der Waals surface area contributed by atoms with Gasteiger partial charge in [0, 0.05) is 22.6 Å². The molecule has 2 saturated carbocycles. The van der Waals surface area contributed by atoms with Crippen molar-refractivity contribution in [3.8, 4) is 0 Å². The Morgan fingerprint density at radius 2 is 1.96 bits per heavy atom. The Balaban J connectivity index is 1.36. The van der Waals surface area contributed by atoms with Gasteiger partial charge in [-0.3, -0.25) is 0 Å². The Morgan fingerprint density at radius 3 is 2.61 bits per heavy atom. The summed E-state index contributed by atoms with van der Waals surface area (Å²) >= 11 is 3.53. The van der Waals surface area contributed by atoms with Gasteiger partial charge in [-0.15, -0.1) is 0 Å². The van der Waals surface area contributed by atoms with Gasteiger partial charge in [0.1, 0.15) is 5.60 Å². The normalized spacial score (nSPS) is 29.6. The second kappa shape index (κ2) is 6.44. The molecule has 1 aromatic rings. The van der Waals surface area contributed by atoms with Crippen molar-refractivity contribution in [2.24, 2.45) is 0 Å². The van der Waals surface area contributed by atoms with Gasteiger partial charge in [-0.25, -0.2) is 4.79 Å². The molecule has 2 aliphatic carbocycles. The first-order chi connectivity index (χ1) is 10.8. The quantitative estimate of drug-likeness (QED) is 0.831. The summed E-state index contributed by atoms with van der Waals surface area (Å²) in [7, 11) is 0. The maximum absolute atomic E-state index is 11.7. The second-order valence-electron chi connectivity index (χ2n) is 7.68. The third-order valence-electron chi connectivity index (χ3n) is 4.40. The van der Waals surface area contributed by atoms with Crippen molar-refractivity contribution in [1.29, 1.82) is 0 Å². The van der Waals surface area contributed by atoms with Crippen molar-refractivity contribution >= 4 is 22.0 Å². The van der Waals surface area contributed by atoms with Crippen LogP contribution in [-0.4, -0.2) is 29.8 Å². The van der Waals surface area contributed by atoms with Gasteiger partial charge in [0.25, 0.3) is 0 Å². The van der Waals surface area contributed by atoms with Gasteiger partial charge in [-0.2, -0.15) is 0 Å². The van der Waals surface area contributed by atoms with Crippen molar-refractivity contribution in [1.82, 2.24) is 10.6 Å². The van der Waals surface area contributed by atoms with Crippen LogP contribution in [0.3, 0.4) is 0 Å². The van der Waals surface area contributed by atoms with E-state index in [2.05, 4.69) is 50.8 Å². The number of hydrogen-bond donors (Lipinski definition) is 2. The van der Waals surface area contributed by atoms with Gasteiger partial charge in [0.2, 0.25) is 0 Å². The molecule has 2 fully saturated rings. The first-order valence-electron chi connectivity index (χ1n) is 8.31. The second-order valence-corrected chi connectivity index (χ2v) is 8.60. The van der Waals surface area contributed by atoms with E-state index in [-0.39, 0.29) is 12.1 Å². The molecular weight excluding hydrogens is 356 g/mol. The van der Waals surface area contributed by atoms with Gasteiger partial charge >= 0.3 is 6.09 Å². The maximum Gasteiger partial charge on any atom is 0.407 e. The Bertz CT molecular complexity index is 579. The molecule has 0 radical (unpaired) electrons. The van der Waals surface area contributed by atoms with Gasteiger partial charge < -0.3 is 15.4 Å². The van der Waals surface area contributed by atoms with Crippen molar-refractivity contribution < 1.29 is 9.53 Å². The highest BCUT2D eigenvalue weighted by molar-refractivity contribution is 9.10. The molecule has 126 valence electrons. The first-order valence-corrected chi connectivity index (χ1v) is 9.10. The molecular formula is C18H25BrN2O2. The summed E-state index contributed by atoms with van der Waals surface area (Å²) in [6.07, 6.45) is 3.03. The van der Waals surface area contributed by atoms with Crippen LogP contribution in [0.2, 0.25) is 0 Å². The summed E-state index contributed by atoms with van der Waals surface area (Å²) in [6, 6.07) is 9.76. The number of alkyl carbamates (subject to hydrolysis) is 1. The number of ether oxygens (including phenoxy) is 1. The third-order valence-corrected chi connectivity index (χ3v) is 4.89. The average Bonchev–Trinajstić information content (AvgIpc) is 3.08. The summed E-state index contributed by atoms with van der Waals surface area (Å²) in [6.45, 7) is 5.64. The fourth-order valence-electron chi connectivity index (χ4n) is 3.09. The number of amides is 1. The molecule has 0 heterocycles. The zero-order valence-electron chi connectivity index (χ0n) is 13.9. The van der Waals surface area contributed by atoms with Crippen LogP contribution in [0.4, 0.5) is 4.79 Å². The number of nitrogens with one attached hydrogen (secondary N) is 2. The van der Waals surface area contributed by atoms with E-state index < -0.39 is 5.60 Å². The van der Waals surface area contributed by atoms with Crippen molar-refractivity contribution in [2.75, 3.05) is 0 Å². The highest BCUT2D eigenvalue weighted by Gasteiger charge is 2.42. The minimum atomic E-state index is -0.437. The average molecular weight is 381 g/mol. The molecule has 1 amide bonds. The van der Waals surface area contributed by atoms with Gasteiger partial charge in [-0.05, 0) is 63.6 Å². The molecule has 2 atom stereocenters. The van der Waals surface area contributed by atoms with Gasteiger partial charge in [-0.1, -0.05) is 28.1 Å². The number of halogens is 1.